The molecule has 1 aliphatic heterocycles. The number of anilines is 2. The van der Waals surface area contributed by atoms with Crippen LogP contribution in [0, 0.1) is 11.8 Å². The van der Waals surface area contributed by atoms with E-state index in [-0.39, 0.29) is 40.9 Å². The number of rotatable bonds is 10. The Morgan fingerprint density at radius 1 is 1.00 bits per heavy atom. The molecule has 4 amide bonds. The molecule has 0 unspecified atom stereocenters. The number of nitrogens with zero attached hydrogens (tertiary/aromatic N) is 4. The number of pyridine rings is 1. The zero-order valence-electron chi connectivity index (χ0n) is 28.9. The van der Waals surface area contributed by atoms with E-state index < -0.39 is 23.8 Å². The summed E-state index contributed by atoms with van der Waals surface area (Å²) in [5, 5.41) is 10.8. The van der Waals surface area contributed by atoms with Crippen molar-refractivity contribution in [2.45, 2.75) is 50.7 Å². The minimum absolute atomic E-state index is 0.134. The Morgan fingerprint density at radius 2 is 1.74 bits per heavy atom. The van der Waals surface area contributed by atoms with Crippen LogP contribution in [0.5, 0.6) is 5.75 Å². The highest BCUT2D eigenvalue weighted by molar-refractivity contribution is 6.33. The van der Waals surface area contributed by atoms with Gasteiger partial charge in [-0.15, -0.1) is 0 Å². The van der Waals surface area contributed by atoms with Crippen LogP contribution in [0.2, 0.25) is 5.02 Å². The summed E-state index contributed by atoms with van der Waals surface area (Å²) >= 11 is 6.11. The second kappa shape index (κ2) is 15.7. The number of hydrogen-bond acceptors (Lipinski definition) is 7. The van der Waals surface area contributed by atoms with Crippen molar-refractivity contribution >= 4 is 51.7 Å². The van der Waals surface area contributed by atoms with Gasteiger partial charge in [0.15, 0.2) is 0 Å². The molecule has 1 aliphatic carbocycles. The Morgan fingerprint density at radius 3 is 2.42 bits per heavy atom. The van der Waals surface area contributed by atoms with Crippen LogP contribution >= 0.6 is 11.6 Å². The molecule has 16 heteroatoms. The van der Waals surface area contributed by atoms with Gasteiger partial charge in [-0.1, -0.05) is 24.2 Å². The molecule has 4 aromatic rings. The summed E-state index contributed by atoms with van der Waals surface area (Å²) < 4.78 is 52.9. The van der Waals surface area contributed by atoms with Crippen LogP contribution in [0.1, 0.15) is 71.1 Å². The lowest BCUT2D eigenvalue weighted by Crippen LogP contribution is -2.39. The number of ether oxygens (including phenoxy) is 2. The Bertz CT molecular complexity index is 2020. The van der Waals surface area contributed by atoms with Gasteiger partial charge in [0.2, 0.25) is 0 Å². The van der Waals surface area contributed by atoms with Crippen molar-refractivity contribution < 1.29 is 37.0 Å². The molecular weight excluding hydrogens is 715 g/mol. The predicted molar refractivity (Wildman–Crippen MR) is 193 cm³/mol. The fourth-order valence-corrected chi connectivity index (χ4v) is 6.97. The molecule has 0 spiro atoms. The second-order valence-electron chi connectivity index (χ2n) is 13.3. The first-order valence-electron chi connectivity index (χ1n) is 17.2. The van der Waals surface area contributed by atoms with Crippen molar-refractivity contribution in [1.29, 1.82) is 0 Å². The van der Waals surface area contributed by atoms with Crippen molar-refractivity contribution in [2.24, 2.45) is 17.6 Å². The van der Waals surface area contributed by atoms with Crippen LogP contribution in [0.15, 0.2) is 67.1 Å². The van der Waals surface area contributed by atoms with Gasteiger partial charge in [-0.25, -0.2) is 9.78 Å². The molecule has 1 saturated carbocycles. The first-order chi connectivity index (χ1) is 25.3. The predicted octanol–water partition coefficient (Wildman–Crippen LogP) is 7.67. The number of fused-ring (bicyclic) bond motifs is 1. The third-order valence-electron chi connectivity index (χ3n) is 9.77. The zero-order chi connectivity index (χ0) is 37.9. The number of allylic oxidation sites excluding steroid dienone is 1. The second-order valence-corrected chi connectivity index (χ2v) is 13.7. The fourth-order valence-electron chi connectivity index (χ4n) is 6.81. The van der Waals surface area contributed by atoms with E-state index in [0.717, 1.165) is 61.8 Å². The smallest absolute Gasteiger partial charge is 0.433 e. The first-order valence-corrected chi connectivity index (χ1v) is 17.6. The summed E-state index contributed by atoms with van der Waals surface area (Å²) in [5.41, 5.74) is 5.32. The molecule has 0 bridgehead atoms. The Hall–Kier alpha value is -5.31. The standard InChI is InChI=1S/C37H39ClF3N7O5/c1-21(53-20-22-12-14-47(15-13-22)35(50)24-8-11-27(38)30(16-24)45-36(42)51)23-6-9-26(10-7-23)48-19-25-17-31(32(52-2)18-29(25)46-48)44-34(49)28-4-3-5-33(43-28)37(39,40)41/h3-5,8,11,16-19,22-23,26H,1,6-7,9-10,12-15,20H2,2H3,(H,44,49)(H3,42,45,51). The number of halogens is 4. The lowest BCUT2D eigenvalue weighted by molar-refractivity contribution is -0.141. The number of methoxy groups -OCH3 is 1. The number of piperidine rings is 1. The van der Waals surface area contributed by atoms with E-state index >= 15 is 0 Å². The molecular formula is C37H39ClF3N7O5. The summed E-state index contributed by atoms with van der Waals surface area (Å²) in [5.74, 6) is 0.632. The highest BCUT2D eigenvalue weighted by Gasteiger charge is 2.33. The average molecular weight is 754 g/mol. The number of aromatic nitrogens is 3. The maximum Gasteiger partial charge on any atom is 0.433 e. The lowest BCUT2D eigenvalue weighted by Gasteiger charge is -2.33. The van der Waals surface area contributed by atoms with Crippen LogP contribution in [-0.4, -0.2) is 64.3 Å². The number of nitrogens with one attached hydrogen (secondary N) is 2. The average Bonchev–Trinajstić information content (AvgIpc) is 3.57. The molecule has 12 nitrogen and oxygen atoms in total. The summed E-state index contributed by atoms with van der Waals surface area (Å²) in [4.78, 5) is 42.5. The number of alkyl halides is 3. The summed E-state index contributed by atoms with van der Waals surface area (Å²) in [7, 11) is 1.43. The van der Waals surface area contributed by atoms with Crippen molar-refractivity contribution in [2.75, 3.05) is 37.4 Å². The fraction of sp³-hybridized carbons (Fsp3) is 0.378. The number of hydrogen-bond donors (Lipinski definition) is 3. The minimum atomic E-state index is -4.68. The quantitative estimate of drug-likeness (QED) is 0.141. The molecule has 2 aromatic carbocycles. The van der Waals surface area contributed by atoms with Crippen molar-refractivity contribution in [3.05, 3.63) is 89.0 Å². The van der Waals surface area contributed by atoms with Crippen LogP contribution in [0.25, 0.3) is 10.9 Å². The van der Waals surface area contributed by atoms with Gasteiger partial charge in [-0.2, -0.15) is 18.3 Å². The van der Waals surface area contributed by atoms with Gasteiger partial charge < -0.3 is 30.7 Å². The number of nitrogens with two attached hydrogens (primary N) is 1. The van der Waals surface area contributed by atoms with Gasteiger partial charge in [0, 0.05) is 42.2 Å². The number of carbonyl (C=O) groups excluding carboxylic acids is 3. The zero-order valence-corrected chi connectivity index (χ0v) is 29.7. The number of urea groups is 1. The summed E-state index contributed by atoms with van der Waals surface area (Å²) in [6.07, 6.45) is 2.24. The number of carbonyl (C=O) groups is 3. The third-order valence-corrected chi connectivity index (χ3v) is 10.1. The van der Waals surface area contributed by atoms with Gasteiger partial charge in [0.25, 0.3) is 11.8 Å². The normalized spacial score (nSPS) is 18.0. The Balaban J connectivity index is 0.985. The molecule has 2 aliphatic rings. The van der Waals surface area contributed by atoms with E-state index in [9.17, 15) is 27.6 Å². The van der Waals surface area contributed by atoms with Crippen LogP contribution in [0.4, 0.5) is 29.3 Å². The highest BCUT2D eigenvalue weighted by Crippen LogP contribution is 2.38. The highest BCUT2D eigenvalue weighted by atomic mass is 35.5. The number of benzene rings is 2. The lowest BCUT2D eigenvalue weighted by atomic mass is 9.85. The van der Waals surface area contributed by atoms with Crippen molar-refractivity contribution in [3.63, 3.8) is 0 Å². The molecule has 0 radical (unpaired) electrons. The van der Waals surface area contributed by atoms with Gasteiger partial charge in [0.05, 0.1) is 47.4 Å². The number of primary amides is 1. The Kier molecular flexibility index (Phi) is 11.1. The molecule has 4 N–H and O–H groups in total. The van der Waals surface area contributed by atoms with Gasteiger partial charge in [-0.3, -0.25) is 14.3 Å². The van der Waals surface area contributed by atoms with Crippen molar-refractivity contribution in [3.8, 4) is 5.75 Å². The van der Waals surface area contributed by atoms with E-state index in [1.54, 1.807) is 29.2 Å². The molecule has 2 fully saturated rings. The van der Waals surface area contributed by atoms with E-state index in [1.165, 1.54) is 19.2 Å². The summed E-state index contributed by atoms with van der Waals surface area (Å²) in [6, 6.07) is 10.6. The van der Waals surface area contributed by atoms with E-state index in [2.05, 4.69) is 22.2 Å². The van der Waals surface area contributed by atoms with Crippen LogP contribution < -0.4 is 21.1 Å². The summed E-state index contributed by atoms with van der Waals surface area (Å²) in [6.45, 7) is 5.93. The van der Waals surface area contributed by atoms with E-state index in [4.69, 9.17) is 31.9 Å². The molecule has 1 saturated heterocycles. The minimum Gasteiger partial charge on any atom is -0.498 e. The molecule has 0 atom stereocenters. The van der Waals surface area contributed by atoms with Gasteiger partial charge >= 0.3 is 12.2 Å². The molecule has 53 heavy (non-hydrogen) atoms. The van der Waals surface area contributed by atoms with Crippen LogP contribution in [-0.2, 0) is 10.9 Å². The third kappa shape index (κ3) is 8.84. The monoisotopic (exact) mass is 753 g/mol. The molecule has 2 aromatic heterocycles. The van der Waals surface area contributed by atoms with Crippen molar-refractivity contribution in [1.82, 2.24) is 19.7 Å². The maximum atomic E-state index is 13.1. The maximum absolute atomic E-state index is 13.1. The van der Waals surface area contributed by atoms with E-state index in [0.29, 0.717) is 41.5 Å². The number of likely N-dealkylation sites (tertiary alicyclic amines) is 1. The largest absolute Gasteiger partial charge is 0.498 e. The molecule has 6 rings (SSSR count). The molecule has 280 valence electrons. The van der Waals surface area contributed by atoms with Gasteiger partial charge in [-0.05, 0) is 80.8 Å². The molecule has 3 heterocycles. The Labute approximate surface area is 308 Å². The first kappa shape index (κ1) is 37.4. The van der Waals surface area contributed by atoms with Crippen LogP contribution in [0.3, 0.4) is 0 Å². The SMILES string of the molecule is C=C(OCC1CCN(C(=O)c2ccc(Cl)c(NC(N)=O)c2)CC1)C1CCC(n2cc3cc(NC(=O)c4cccc(C(F)(F)F)n4)c(OC)cc3n2)CC1. The topological polar surface area (TPSA) is 154 Å². The van der Waals surface area contributed by atoms with Gasteiger partial charge in [0.1, 0.15) is 17.1 Å². The van der Waals surface area contributed by atoms with E-state index in [1.807, 2.05) is 10.9 Å². The number of amides is 4.